The van der Waals surface area contributed by atoms with Crippen LogP contribution >= 0.6 is 0 Å². The molecule has 0 unspecified atom stereocenters. The first-order valence-corrected chi connectivity index (χ1v) is 35.4. The number of piperidine rings is 1. The van der Waals surface area contributed by atoms with Gasteiger partial charge in [0.15, 0.2) is 11.0 Å². The van der Waals surface area contributed by atoms with Gasteiger partial charge in [0.25, 0.3) is 5.52 Å². The van der Waals surface area contributed by atoms with Crippen LogP contribution in [0.4, 0.5) is 17.1 Å². The Bertz CT molecular complexity index is 4450. The van der Waals surface area contributed by atoms with Crippen molar-refractivity contribution in [3.05, 3.63) is 179 Å². The van der Waals surface area contributed by atoms with E-state index in [0.717, 1.165) is 111 Å². The van der Waals surface area contributed by atoms with Crippen molar-refractivity contribution in [2.45, 2.75) is 122 Å². The van der Waals surface area contributed by atoms with Crippen molar-refractivity contribution >= 4 is 79.3 Å². The number of aromatic nitrogens is 3. The Labute approximate surface area is 518 Å². The number of fused-ring (bicyclic) bond motifs is 3. The molecule has 12 rings (SSSR count). The van der Waals surface area contributed by atoms with Gasteiger partial charge in [-0.3, -0.25) is 19.7 Å². The standard InChI is InChI=1S/C70H79N8O7S3/c1-8-51-14-20-56(21-15-51)86(79,80)64-44-71-62-26-12-48(4)41-59(62)68(64)76-32-28-55(29-33-76)85-78-47-66(88(83,84)58-24-18-53(10-3)19-25-58)69(60-42-49(5)13-27-63(60)78)75-31-11-30-74(36-39-75)46-54-40-50(6)43-61-67(54)72-45-65(70(61)77-37-34-73(7)35-38-77)87(81,82)57-22-16-52(9-2)17-23-57/h12-27,40-45,47,55H,8-11,28-39,46H2,1-7H3/q+1. The number of piperazine rings is 1. The van der Waals surface area contributed by atoms with E-state index in [1.165, 1.54) is 6.20 Å². The van der Waals surface area contributed by atoms with Crippen molar-refractivity contribution in [3.63, 3.8) is 0 Å². The molecule has 0 amide bonds. The van der Waals surface area contributed by atoms with Crippen LogP contribution in [-0.2, 0) is 55.3 Å². The number of sulfone groups is 3. The van der Waals surface area contributed by atoms with Crippen molar-refractivity contribution in [3.8, 4) is 0 Å². The van der Waals surface area contributed by atoms with Crippen LogP contribution in [-0.4, -0.2) is 124 Å². The van der Waals surface area contributed by atoms with Crippen molar-refractivity contribution in [1.29, 1.82) is 0 Å². The highest BCUT2D eigenvalue weighted by molar-refractivity contribution is 7.92. The van der Waals surface area contributed by atoms with E-state index in [0.29, 0.717) is 87.8 Å². The molecule has 0 N–H and O–H groups in total. The summed E-state index contributed by atoms with van der Waals surface area (Å²) < 4.78 is 91.4. The second-order valence-electron chi connectivity index (χ2n) is 24.2. The third kappa shape index (κ3) is 11.9. The maximum absolute atomic E-state index is 15.5. The number of pyridine rings is 3. The molecule has 0 radical (unpaired) electrons. The van der Waals surface area contributed by atoms with Crippen molar-refractivity contribution < 1.29 is 34.8 Å². The fourth-order valence-electron chi connectivity index (χ4n) is 13.0. The number of hydrogen-bond acceptors (Lipinski definition) is 14. The van der Waals surface area contributed by atoms with E-state index in [1.54, 1.807) is 53.5 Å². The third-order valence-corrected chi connectivity index (χ3v) is 23.5. The monoisotopic (exact) mass is 1240 g/mol. The SMILES string of the molecule is CCc1ccc(S(=O)(=O)c2cnc3ccc(C)cc3c2N2CCC(O[n+]3cc(S(=O)(=O)c4ccc(CC)cc4)c(N4CCCN(Cc5cc(C)cc6c(N7CCN(C)CC7)c(S(=O)(=O)c7ccc(CC)cc7)cnc56)CC4)c4cc(C)ccc43)CC2)cc1. The summed E-state index contributed by atoms with van der Waals surface area (Å²) in [5.74, 6) is 0. The molecule has 88 heavy (non-hydrogen) atoms. The lowest BCUT2D eigenvalue weighted by Crippen LogP contribution is -2.52. The van der Waals surface area contributed by atoms with Gasteiger partial charge in [0.2, 0.25) is 35.7 Å². The van der Waals surface area contributed by atoms with Gasteiger partial charge < -0.3 is 19.6 Å². The topological polar surface area (TPSA) is 158 Å². The third-order valence-electron chi connectivity index (χ3n) is 18.1. The van der Waals surface area contributed by atoms with Gasteiger partial charge in [-0.2, -0.15) is 0 Å². The number of rotatable bonds is 16. The van der Waals surface area contributed by atoms with Gasteiger partial charge in [-0.1, -0.05) is 80.9 Å². The number of nitrogens with zero attached hydrogens (tertiary/aromatic N) is 8. The number of hydrogen-bond donors (Lipinski definition) is 0. The van der Waals surface area contributed by atoms with Crippen LogP contribution in [0.15, 0.2) is 169 Å². The smallest absolute Gasteiger partial charge is 0.266 e. The Morgan fingerprint density at radius 1 is 0.489 bits per heavy atom. The minimum Gasteiger partial charge on any atom is -0.370 e. The largest absolute Gasteiger partial charge is 0.370 e. The molecular formula is C70H79N8O7S3+. The van der Waals surface area contributed by atoms with E-state index < -0.39 is 29.5 Å². The predicted molar refractivity (Wildman–Crippen MR) is 349 cm³/mol. The number of likely N-dealkylation sites (N-methyl/N-ethyl adjacent to an activating group) is 1. The average molecular weight is 1240 g/mol. The molecule has 458 valence electrons. The summed E-state index contributed by atoms with van der Waals surface area (Å²) in [4.78, 5) is 29.2. The molecule has 3 aromatic heterocycles. The summed E-state index contributed by atoms with van der Waals surface area (Å²) in [6, 6.07) is 37.8. The molecular weight excluding hydrogens is 1160 g/mol. The number of anilines is 3. The predicted octanol–water partition coefficient (Wildman–Crippen LogP) is 10.9. The number of benzene rings is 6. The van der Waals surface area contributed by atoms with Crippen LogP contribution in [0.2, 0.25) is 0 Å². The quantitative estimate of drug-likeness (QED) is 0.0842. The Hall–Kier alpha value is -7.48. The highest BCUT2D eigenvalue weighted by atomic mass is 32.2. The average Bonchev–Trinajstić information content (AvgIpc) is 0.973. The van der Waals surface area contributed by atoms with Crippen LogP contribution in [0.25, 0.3) is 32.7 Å². The molecule has 0 aliphatic carbocycles. The summed E-state index contributed by atoms with van der Waals surface area (Å²) in [5.41, 5.74) is 11.3. The Morgan fingerprint density at radius 3 is 1.55 bits per heavy atom. The van der Waals surface area contributed by atoms with Crippen LogP contribution < -0.4 is 24.3 Å². The lowest BCUT2D eigenvalue weighted by Gasteiger charge is -2.36. The van der Waals surface area contributed by atoms with E-state index in [-0.39, 0.29) is 35.5 Å². The molecule has 3 fully saturated rings. The van der Waals surface area contributed by atoms with Crippen molar-refractivity contribution in [1.82, 2.24) is 19.8 Å². The maximum Gasteiger partial charge on any atom is 0.266 e. The molecule has 6 heterocycles. The van der Waals surface area contributed by atoms with Gasteiger partial charge in [0.1, 0.15) is 9.79 Å². The Kier molecular flexibility index (Phi) is 17.2. The summed E-state index contributed by atoms with van der Waals surface area (Å²) in [7, 11) is -9.99. The van der Waals surface area contributed by atoms with E-state index in [9.17, 15) is 16.8 Å². The molecule has 9 aromatic rings. The van der Waals surface area contributed by atoms with Crippen LogP contribution in [0.1, 0.15) is 79.0 Å². The zero-order valence-electron chi connectivity index (χ0n) is 51.5. The zero-order valence-corrected chi connectivity index (χ0v) is 54.0. The Balaban J connectivity index is 0.869. The Morgan fingerprint density at radius 2 is 0.966 bits per heavy atom. The first kappa shape index (κ1) is 60.8. The normalized spacial score (nSPS) is 16.2. The van der Waals surface area contributed by atoms with E-state index in [4.69, 9.17) is 9.82 Å². The minimum absolute atomic E-state index is 0.151. The summed E-state index contributed by atoms with van der Waals surface area (Å²) in [6.07, 6.45) is 8.57. The van der Waals surface area contributed by atoms with Gasteiger partial charge in [-0.05, 0) is 148 Å². The molecule has 0 bridgehead atoms. The van der Waals surface area contributed by atoms with Gasteiger partial charge >= 0.3 is 0 Å². The van der Waals surface area contributed by atoms with Crippen molar-refractivity contribution in [2.24, 2.45) is 0 Å². The molecule has 0 spiro atoms. The summed E-state index contributed by atoms with van der Waals surface area (Å²) in [6.45, 7) is 19.2. The molecule has 3 saturated heterocycles. The molecule has 15 nitrogen and oxygen atoms in total. The second-order valence-corrected chi connectivity index (χ2v) is 29.9. The highest BCUT2D eigenvalue weighted by Crippen LogP contribution is 2.42. The van der Waals surface area contributed by atoms with Crippen LogP contribution in [0, 0.1) is 20.8 Å². The second kappa shape index (κ2) is 24.8. The van der Waals surface area contributed by atoms with Gasteiger partial charge in [0.05, 0.1) is 48.2 Å². The van der Waals surface area contributed by atoms with Crippen LogP contribution in [0.5, 0.6) is 0 Å². The zero-order chi connectivity index (χ0) is 61.6. The fourth-order valence-corrected chi connectivity index (χ4v) is 17.4. The van der Waals surface area contributed by atoms with Gasteiger partial charge in [-0.25, -0.2) is 25.3 Å². The van der Waals surface area contributed by atoms with Crippen LogP contribution in [0.3, 0.4) is 0 Å². The molecule has 3 aliphatic rings. The lowest BCUT2D eigenvalue weighted by atomic mass is 10.0. The minimum atomic E-state index is -4.17. The molecule has 0 atom stereocenters. The molecule has 18 heteroatoms. The van der Waals surface area contributed by atoms with Gasteiger partial charge in [-0.15, -0.1) is 0 Å². The van der Waals surface area contributed by atoms with E-state index in [1.807, 2.05) is 87.5 Å². The number of aryl methyl sites for hydroxylation is 6. The summed E-state index contributed by atoms with van der Waals surface area (Å²) >= 11 is 0. The maximum atomic E-state index is 15.5. The summed E-state index contributed by atoms with van der Waals surface area (Å²) in [5, 5.41) is 2.35. The first-order valence-electron chi connectivity index (χ1n) is 31.0. The van der Waals surface area contributed by atoms with E-state index >= 15 is 8.42 Å². The molecule has 3 aliphatic heterocycles. The molecule has 6 aromatic carbocycles. The first-order chi connectivity index (χ1) is 42.3. The fraction of sp³-hybridized carbons (Fsp3) is 0.357. The van der Waals surface area contributed by atoms with Gasteiger partial charge in [0, 0.05) is 119 Å². The van der Waals surface area contributed by atoms with Crippen molar-refractivity contribution in [2.75, 3.05) is 87.2 Å². The molecule has 0 saturated carbocycles. The highest BCUT2D eigenvalue weighted by Gasteiger charge is 2.37. The lowest BCUT2D eigenvalue weighted by molar-refractivity contribution is -0.880. The van der Waals surface area contributed by atoms with E-state index in [2.05, 4.69) is 75.5 Å².